The molecule has 38 heavy (non-hydrogen) atoms. The Kier molecular flexibility index (Phi) is 7.10. The molecule has 5 aromatic carbocycles. The summed E-state index contributed by atoms with van der Waals surface area (Å²) in [4.78, 5) is 37.7. The third-order valence-electron chi connectivity index (χ3n) is 5.82. The number of fused-ring (bicyclic) bond motifs is 2. The number of amides is 2. The van der Waals surface area contributed by atoms with Crippen molar-refractivity contribution in [2.45, 2.75) is 0 Å². The quantitative estimate of drug-likeness (QED) is 0.0981. The topological polar surface area (TPSA) is 96.9 Å². The first kappa shape index (κ1) is 24.7. The number of ether oxygens (including phenoxy) is 1. The Morgan fingerprint density at radius 2 is 1.37 bits per heavy atom. The lowest BCUT2D eigenvalue weighted by molar-refractivity contribution is -0.136. The van der Waals surface area contributed by atoms with E-state index in [0.717, 1.165) is 21.5 Å². The average molecular weight is 522 g/mol. The van der Waals surface area contributed by atoms with Crippen molar-refractivity contribution >= 4 is 62.8 Å². The highest BCUT2D eigenvalue weighted by molar-refractivity contribution is 6.40. The van der Waals surface area contributed by atoms with E-state index >= 15 is 0 Å². The van der Waals surface area contributed by atoms with Crippen LogP contribution >= 0.6 is 11.6 Å². The zero-order valence-corrected chi connectivity index (χ0v) is 20.6. The molecule has 0 bridgehead atoms. The molecule has 0 aromatic heterocycles. The smallest absolute Gasteiger partial charge is 0.343 e. The maximum absolute atomic E-state index is 12.7. The fraction of sp³-hybridized carbons (Fsp3) is 0. The molecule has 7 nitrogen and oxygen atoms in total. The lowest BCUT2D eigenvalue weighted by Gasteiger charge is -2.11. The summed E-state index contributed by atoms with van der Waals surface area (Å²) in [6.45, 7) is 0. The molecule has 0 aliphatic carbocycles. The molecule has 0 unspecified atom stereocenters. The zero-order chi connectivity index (χ0) is 26.5. The van der Waals surface area contributed by atoms with E-state index in [1.807, 2.05) is 60.7 Å². The fourth-order valence-corrected chi connectivity index (χ4v) is 4.09. The molecule has 0 saturated heterocycles. The predicted molar refractivity (Wildman–Crippen MR) is 149 cm³/mol. The number of halogens is 1. The summed E-state index contributed by atoms with van der Waals surface area (Å²) < 4.78 is 5.64. The molecule has 186 valence electrons. The first-order valence-corrected chi connectivity index (χ1v) is 12.0. The molecule has 0 heterocycles. The third-order valence-corrected chi connectivity index (χ3v) is 6.07. The van der Waals surface area contributed by atoms with Crippen LogP contribution in [0.4, 0.5) is 5.69 Å². The van der Waals surface area contributed by atoms with Crippen LogP contribution in [0.2, 0.25) is 5.02 Å². The molecule has 0 fully saturated rings. The van der Waals surface area contributed by atoms with Gasteiger partial charge in [-0.2, -0.15) is 5.10 Å². The molecule has 8 heteroatoms. The van der Waals surface area contributed by atoms with E-state index in [1.165, 1.54) is 6.21 Å². The van der Waals surface area contributed by atoms with Crippen molar-refractivity contribution in [3.8, 4) is 5.75 Å². The van der Waals surface area contributed by atoms with Crippen molar-refractivity contribution in [3.63, 3.8) is 0 Å². The summed E-state index contributed by atoms with van der Waals surface area (Å²) in [5.74, 6) is -2.16. The molecule has 0 radical (unpaired) electrons. The summed E-state index contributed by atoms with van der Waals surface area (Å²) >= 11 is 5.91. The fourth-order valence-electron chi connectivity index (χ4n) is 3.96. The van der Waals surface area contributed by atoms with Crippen molar-refractivity contribution in [1.82, 2.24) is 5.43 Å². The molecule has 2 amide bonds. The number of nitrogens with zero attached hydrogens (tertiary/aromatic N) is 1. The second kappa shape index (κ2) is 10.9. The molecule has 0 spiro atoms. The van der Waals surface area contributed by atoms with Gasteiger partial charge in [0.2, 0.25) is 0 Å². The van der Waals surface area contributed by atoms with E-state index < -0.39 is 17.8 Å². The summed E-state index contributed by atoms with van der Waals surface area (Å²) in [6.07, 6.45) is 1.34. The van der Waals surface area contributed by atoms with Crippen LogP contribution in [0, 0.1) is 0 Å². The number of hydrogen-bond acceptors (Lipinski definition) is 5. The van der Waals surface area contributed by atoms with Crippen molar-refractivity contribution < 1.29 is 19.1 Å². The van der Waals surface area contributed by atoms with Gasteiger partial charge in [-0.15, -0.1) is 0 Å². The number of nitrogens with one attached hydrogen (secondary N) is 2. The molecule has 0 aliphatic rings. The van der Waals surface area contributed by atoms with Crippen LogP contribution in [-0.2, 0) is 9.59 Å². The Bertz CT molecular complexity index is 1710. The van der Waals surface area contributed by atoms with Gasteiger partial charge in [-0.05, 0) is 52.6 Å². The highest BCUT2D eigenvalue weighted by Gasteiger charge is 2.16. The highest BCUT2D eigenvalue weighted by atomic mass is 35.5. The summed E-state index contributed by atoms with van der Waals surface area (Å²) in [5.41, 5.74) is 3.54. The Hall–Kier alpha value is -5.01. The number of hydrazone groups is 1. The standard InChI is InChI=1S/C30H20ClN3O4/c31-22-15-12-21(13-16-22)30(37)38-27-17-14-20-7-1-3-9-23(20)25(27)18-32-34-29(36)28(35)33-26-11-5-8-19-6-2-4-10-24(19)26/h1-18H,(H,33,35)(H,34,36)/b32-18-. The Morgan fingerprint density at radius 1 is 0.711 bits per heavy atom. The van der Waals surface area contributed by atoms with E-state index in [-0.39, 0.29) is 5.75 Å². The van der Waals surface area contributed by atoms with E-state index in [0.29, 0.717) is 21.8 Å². The van der Waals surface area contributed by atoms with Crippen LogP contribution in [0.1, 0.15) is 15.9 Å². The summed E-state index contributed by atoms with van der Waals surface area (Å²) in [6, 6.07) is 30.2. The van der Waals surface area contributed by atoms with Crippen LogP contribution in [0.5, 0.6) is 5.75 Å². The number of hydrogen-bond donors (Lipinski definition) is 2. The zero-order valence-electron chi connectivity index (χ0n) is 19.9. The van der Waals surface area contributed by atoms with Gasteiger partial charge in [0.1, 0.15) is 5.75 Å². The van der Waals surface area contributed by atoms with Gasteiger partial charge in [-0.3, -0.25) is 9.59 Å². The summed E-state index contributed by atoms with van der Waals surface area (Å²) in [5, 5.41) is 10.5. The van der Waals surface area contributed by atoms with Gasteiger partial charge in [0.25, 0.3) is 0 Å². The van der Waals surface area contributed by atoms with Crippen LogP contribution in [-0.4, -0.2) is 24.0 Å². The highest BCUT2D eigenvalue weighted by Crippen LogP contribution is 2.28. The maximum atomic E-state index is 12.7. The molecule has 0 aliphatic heterocycles. The average Bonchev–Trinajstić information content (AvgIpc) is 2.94. The van der Waals surface area contributed by atoms with Gasteiger partial charge in [0.15, 0.2) is 0 Å². The molecule has 2 N–H and O–H groups in total. The Labute approximate surface area is 222 Å². The molecule has 0 saturated carbocycles. The van der Waals surface area contributed by atoms with Gasteiger partial charge in [0.05, 0.1) is 11.8 Å². The summed E-state index contributed by atoms with van der Waals surface area (Å²) in [7, 11) is 0. The number of benzene rings is 5. The van der Waals surface area contributed by atoms with Gasteiger partial charge >= 0.3 is 17.8 Å². The lowest BCUT2D eigenvalue weighted by atomic mass is 10.0. The van der Waals surface area contributed by atoms with E-state index in [9.17, 15) is 14.4 Å². The number of esters is 1. The monoisotopic (exact) mass is 521 g/mol. The second-order valence-corrected chi connectivity index (χ2v) is 8.71. The number of carbonyl (C=O) groups is 3. The Morgan fingerprint density at radius 3 is 2.13 bits per heavy atom. The predicted octanol–water partition coefficient (Wildman–Crippen LogP) is 5.95. The van der Waals surface area contributed by atoms with Gasteiger partial charge in [-0.25, -0.2) is 10.2 Å². The van der Waals surface area contributed by atoms with E-state index in [1.54, 1.807) is 42.5 Å². The molecule has 0 atom stereocenters. The van der Waals surface area contributed by atoms with Crippen LogP contribution in [0.15, 0.2) is 108 Å². The minimum Gasteiger partial charge on any atom is -0.422 e. The molecule has 5 rings (SSSR count). The molecular formula is C30H20ClN3O4. The SMILES string of the molecule is O=C(N/N=C\c1c(OC(=O)c2ccc(Cl)cc2)ccc2ccccc12)C(=O)Nc1cccc2ccccc12. The van der Waals surface area contributed by atoms with Gasteiger partial charge in [0, 0.05) is 21.7 Å². The third kappa shape index (κ3) is 5.38. The maximum Gasteiger partial charge on any atom is 0.343 e. The van der Waals surface area contributed by atoms with Crippen molar-refractivity contribution in [2.75, 3.05) is 5.32 Å². The molecular weight excluding hydrogens is 502 g/mol. The van der Waals surface area contributed by atoms with E-state index in [4.69, 9.17) is 16.3 Å². The van der Waals surface area contributed by atoms with Crippen molar-refractivity contribution in [2.24, 2.45) is 5.10 Å². The first-order chi connectivity index (χ1) is 18.5. The number of anilines is 1. The lowest BCUT2D eigenvalue weighted by Crippen LogP contribution is -2.32. The minimum atomic E-state index is -0.950. The van der Waals surface area contributed by atoms with Crippen LogP contribution in [0.3, 0.4) is 0 Å². The second-order valence-electron chi connectivity index (χ2n) is 8.27. The largest absolute Gasteiger partial charge is 0.422 e. The minimum absolute atomic E-state index is 0.238. The van der Waals surface area contributed by atoms with Crippen LogP contribution in [0.25, 0.3) is 21.5 Å². The molecule has 5 aromatic rings. The van der Waals surface area contributed by atoms with Gasteiger partial charge < -0.3 is 10.1 Å². The first-order valence-electron chi connectivity index (χ1n) is 11.6. The number of carbonyl (C=O) groups excluding carboxylic acids is 3. The normalized spacial score (nSPS) is 11.0. The van der Waals surface area contributed by atoms with Crippen molar-refractivity contribution in [1.29, 1.82) is 0 Å². The van der Waals surface area contributed by atoms with E-state index in [2.05, 4.69) is 15.8 Å². The van der Waals surface area contributed by atoms with Crippen molar-refractivity contribution in [3.05, 3.63) is 119 Å². The van der Waals surface area contributed by atoms with Gasteiger partial charge in [-0.1, -0.05) is 78.3 Å². The number of rotatable bonds is 5. The van der Waals surface area contributed by atoms with Crippen LogP contribution < -0.4 is 15.5 Å². The Balaban J connectivity index is 1.35.